The van der Waals surface area contributed by atoms with Gasteiger partial charge in [0.25, 0.3) is 11.6 Å². The molecular weight excluding hydrogens is 327 g/mol. The number of carbonyl (C=O) groups excluding carboxylic acids is 1. The van der Waals surface area contributed by atoms with E-state index >= 15 is 0 Å². The molecule has 1 amide bonds. The number of hydrogen-bond donors (Lipinski definition) is 1. The van der Waals surface area contributed by atoms with E-state index in [4.69, 9.17) is 4.74 Å². The zero-order valence-electron chi connectivity index (χ0n) is 13.5. The highest BCUT2D eigenvalue weighted by atomic mass is 19.4. The average Bonchev–Trinajstić information content (AvgIpc) is 2.81. The number of carbonyl (C=O) groups is 1. The molecule has 0 aliphatic carbocycles. The standard InChI is InChI=1S/C15H18F3N3O3/c1-10-8-14(23,15(16,17)18)21(19-10)13(22)9-24-12-6-4-11(5-7-12)20(2)3/h4-7,23H,8-9H2,1-3H3/t14-/m0/s1. The van der Waals surface area contributed by atoms with Crippen LogP contribution in [-0.2, 0) is 4.79 Å². The molecule has 9 heteroatoms. The molecule has 1 aromatic carbocycles. The smallest absolute Gasteiger partial charge is 0.438 e. The van der Waals surface area contributed by atoms with E-state index in [2.05, 4.69) is 5.10 Å². The maximum atomic E-state index is 13.0. The minimum absolute atomic E-state index is 0.0125. The number of rotatable bonds is 4. The highest BCUT2D eigenvalue weighted by molar-refractivity contribution is 5.89. The van der Waals surface area contributed by atoms with Crippen LogP contribution in [0.2, 0.25) is 0 Å². The van der Waals surface area contributed by atoms with Crippen LogP contribution in [0.15, 0.2) is 29.4 Å². The highest BCUT2D eigenvalue weighted by Crippen LogP contribution is 2.40. The van der Waals surface area contributed by atoms with Crippen LogP contribution in [0.4, 0.5) is 18.9 Å². The fourth-order valence-corrected chi connectivity index (χ4v) is 2.25. The van der Waals surface area contributed by atoms with Crippen LogP contribution in [0.5, 0.6) is 5.75 Å². The largest absolute Gasteiger partial charge is 0.484 e. The second-order valence-corrected chi connectivity index (χ2v) is 5.71. The molecule has 0 unspecified atom stereocenters. The second-order valence-electron chi connectivity index (χ2n) is 5.71. The first kappa shape index (κ1) is 18.1. The molecule has 1 atom stereocenters. The lowest BCUT2D eigenvalue weighted by Gasteiger charge is -2.32. The Balaban J connectivity index is 2.06. The number of amides is 1. The number of halogens is 3. The Hall–Kier alpha value is -2.29. The first-order valence-electron chi connectivity index (χ1n) is 7.11. The Morgan fingerprint density at radius 3 is 2.46 bits per heavy atom. The Morgan fingerprint density at radius 1 is 1.38 bits per heavy atom. The molecule has 1 heterocycles. The third-order valence-corrected chi connectivity index (χ3v) is 3.53. The van der Waals surface area contributed by atoms with Crippen molar-refractivity contribution in [3.8, 4) is 5.75 Å². The van der Waals surface area contributed by atoms with Gasteiger partial charge in [-0.25, -0.2) is 0 Å². The van der Waals surface area contributed by atoms with E-state index in [0.29, 0.717) is 5.75 Å². The number of benzene rings is 1. The molecule has 6 nitrogen and oxygen atoms in total. The second kappa shape index (κ2) is 6.31. The number of nitrogens with zero attached hydrogens (tertiary/aromatic N) is 3. The molecule has 0 saturated heterocycles. The molecule has 0 fully saturated rings. The summed E-state index contributed by atoms with van der Waals surface area (Å²) in [4.78, 5) is 13.9. The van der Waals surface area contributed by atoms with Crippen LogP contribution >= 0.6 is 0 Å². The summed E-state index contributed by atoms with van der Waals surface area (Å²) in [6.45, 7) is 0.640. The van der Waals surface area contributed by atoms with Crippen molar-refractivity contribution in [1.82, 2.24) is 5.01 Å². The molecular formula is C15H18F3N3O3. The topological polar surface area (TPSA) is 65.4 Å². The third kappa shape index (κ3) is 3.45. The maximum Gasteiger partial charge on any atom is 0.438 e. The van der Waals surface area contributed by atoms with E-state index in [1.807, 2.05) is 19.0 Å². The Kier molecular flexibility index (Phi) is 4.75. The molecule has 2 rings (SSSR count). The number of anilines is 1. The van der Waals surface area contributed by atoms with E-state index in [1.54, 1.807) is 24.3 Å². The third-order valence-electron chi connectivity index (χ3n) is 3.53. The molecule has 1 aromatic rings. The number of hydrogen-bond acceptors (Lipinski definition) is 5. The maximum absolute atomic E-state index is 13.0. The quantitative estimate of drug-likeness (QED) is 0.906. The monoisotopic (exact) mass is 345 g/mol. The first-order chi connectivity index (χ1) is 11.0. The van der Waals surface area contributed by atoms with E-state index in [0.717, 1.165) is 5.69 Å². The van der Waals surface area contributed by atoms with Gasteiger partial charge in [0, 0.05) is 31.9 Å². The molecule has 0 saturated carbocycles. The molecule has 0 bridgehead atoms. The first-order valence-corrected chi connectivity index (χ1v) is 7.11. The molecule has 0 aromatic heterocycles. The van der Waals surface area contributed by atoms with Crippen molar-refractivity contribution in [2.45, 2.75) is 25.2 Å². The van der Waals surface area contributed by atoms with Gasteiger partial charge in [0.15, 0.2) is 6.61 Å². The number of aliphatic hydroxyl groups is 1. The van der Waals surface area contributed by atoms with Crippen LogP contribution in [-0.4, -0.2) is 54.3 Å². The van der Waals surface area contributed by atoms with Crippen molar-refractivity contribution in [3.63, 3.8) is 0 Å². The number of alkyl halides is 3. The number of hydrazone groups is 1. The minimum atomic E-state index is -5.02. The van der Waals surface area contributed by atoms with Gasteiger partial charge in [-0.1, -0.05) is 0 Å². The molecule has 24 heavy (non-hydrogen) atoms. The van der Waals surface area contributed by atoms with E-state index in [1.165, 1.54) is 6.92 Å². The molecule has 0 spiro atoms. The van der Waals surface area contributed by atoms with Gasteiger partial charge in [-0.2, -0.15) is 23.3 Å². The summed E-state index contributed by atoms with van der Waals surface area (Å²) in [5.74, 6) is -0.757. The Morgan fingerprint density at radius 2 is 1.96 bits per heavy atom. The average molecular weight is 345 g/mol. The van der Waals surface area contributed by atoms with Crippen molar-refractivity contribution in [1.29, 1.82) is 0 Å². The van der Waals surface area contributed by atoms with Crippen molar-refractivity contribution >= 4 is 17.3 Å². The normalized spacial score (nSPS) is 20.8. The summed E-state index contributed by atoms with van der Waals surface area (Å²) >= 11 is 0. The highest BCUT2D eigenvalue weighted by Gasteiger charge is 2.62. The van der Waals surface area contributed by atoms with Gasteiger partial charge in [0.05, 0.1) is 0 Å². The fourth-order valence-electron chi connectivity index (χ4n) is 2.25. The van der Waals surface area contributed by atoms with Crippen LogP contribution in [0.1, 0.15) is 13.3 Å². The Bertz CT molecular complexity index is 644. The number of ether oxygens (including phenoxy) is 1. The summed E-state index contributed by atoms with van der Waals surface area (Å²) in [5.41, 5.74) is -2.41. The minimum Gasteiger partial charge on any atom is -0.484 e. The van der Waals surface area contributed by atoms with E-state index in [9.17, 15) is 23.1 Å². The van der Waals surface area contributed by atoms with Gasteiger partial charge in [-0.3, -0.25) is 4.79 Å². The van der Waals surface area contributed by atoms with Gasteiger partial charge in [0.1, 0.15) is 5.75 Å². The summed E-state index contributed by atoms with van der Waals surface area (Å²) in [7, 11) is 3.70. The lowest BCUT2D eigenvalue weighted by atomic mass is 10.1. The van der Waals surface area contributed by atoms with Gasteiger partial charge < -0.3 is 14.7 Å². The van der Waals surface area contributed by atoms with Crippen molar-refractivity contribution in [2.24, 2.45) is 5.10 Å². The molecule has 1 N–H and O–H groups in total. The van der Waals surface area contributed by atoms with Crippen LogP contribution in [0.25, 0.3) is 0 Å². The predicted molar refractivity (Wildman–Crippen MR) is 81.8 cm³/mol. The van der Waals surface area contributed by atoms with Crippen molar-refractivity contribution < 1.29 is 27.8 Å². The van der Waals surface area contributed by atoms with Crippen molar-refractivity contribution in [3.05, 3.63) is 24.3 Å². The summed E-state index contributed by atoms with van der Waals surface area (Å²) < 4.78 is 44.3. The van der Waals surface area contributed by atoms with E-state index < -0.39 is 30.8 Å². The van der Waals surface area contributed by atoms with Gasteiger partial charge in [-0.15, -0.1) is 0 Å². The fraction of sp³-hybridized carbons (Fsp3) is 0.467. The van der Waals surface area contributed by atoms with E-state index in [-0.39, 0.29) is 10.7 Å². The molecule has 1 aliphatic heterocycles. The molecule has 1 aliphatic rings. The molecule has 0 radical (unpaired) electrons. The summed E-state index contributed by atoms with van der Waals surface area (Å²) in [5, 5.41) is 13.4. The lowest BCUT2D eigenvalue weighted by Crippen LogP contribution is -2.57. The van der Waals surface area contributed by atoms with Gasteiger partial charge >= 0.3 is 6.18 Å². The summed E-state index contributed by atoms with van der Waals surface area (Å²) in [6.07, 6.45) is -5.79. The van der Waals surface area contributed by atoms with Gasteiger partial charge in [-0.05, 0) is 31.2 Å². The predicted octanol–water partition coefficient (Wildman–Crippen LogP) is 1.99. The van der Waals surface area contributed by atoms with Crippen LogP contribution in [0.3, 0.4) is 0 Å². The van der Waals surface area contributed by atoms with Crippen molar-refractivity contribution in [2.75, 3.05) is 25.6 Å². The van der Waals surface area contributed by atoms with Crippen LogP contribution < -0.4 is 9.64 Å². The van der Waals surface area contributed by atoms with Crippen LogP contribution in [0, 0.1) is 0 Å². The SMILES string of the molecule is CC1=NN(C(=O)COc2ccc(N(C)C)cc2)[C@@](O)(C(F)(F)F)C1. The zero-order chi connectivity index (χ0) is 18.1. The zero-order valence-corrected chi connectivity index (χ0v) is 13.5. The lowest BCUT2D eigenvalue weighted by molar-refractivity contribution is -0.302. The molecule has 132 valence electrons. The van der Waals surface area contributed by atoms with Gasteiger partial charge in [0.2, 0.25) is 0 Å². The summed E-state index contributed by atoms with van der Waals surface area (Å²) in [6, 6.07) is 6.67. The Labute approximate surface area is 137 Å².